The van der Waals surface area contributed by atoms with Crippen LogP contribution < -0.4 is 5.32 Å². The van der Waals surface area contributed by atoms with E-state index >= 15 is 0 Å². The summed E-state index contributed by atoms with van der Waals surface area (Å²) in [6.07, 6.45) is 1.44. The fraction of sp³-hybridized carbons (Fsp3) is 0.462. The summed E-state index contributed by atoms with van der Waals surface area (Å²) < 4.78 is 0. The zero-order valence-corrected chi connectivity index (χ0v) is 11.9. The van der Waals surface area contributed by atoms with Crippen molar-refractivity contribution in [3.8, 4) is 0 Å². The SMILES string of the molecule is C[As](C)CCNC(=O)CCc1ccccc1. The summed E-state index contributed by atoms with van der Waals surface area (Å²) in [4.78, 5) is 11.5. The van der Waals surface area contributed by atoms with Crippen molar-refractivity contribution in [3.63, 3.8) is 0 Å². The third kappa shape index (κ3) is 5.97. The number of carbonyl (C=O) groups excluding carboxylic acids is 1. The van der Waals surface area contributed by atoms with E-state index in [9.17, 15) is 4.79 Å². The third-order valence-electron chi connectivity index (χ3n) is 2.36. The zero-order chi connectivity index (χ0) is 11.8. The van der Waals surface area contributed by atoms with Crippen molar-refractivity contribution in [2.24, 2.45) is 0 Å². The Morgan fingerprint density at radius 3 is 2.56 bits per heavy atom. The molecule has 1 N–H and O–H groups in total. The van der Waals surface area contributed by atoms with Crippen LogP contribution in [0.15, 0.2) is 30.3 Å². The maximum atomic E-state index is 11.5. The molecule has 1 rings (SSSR count). The summed E-state index contributed by atoms with van der Waals surface area (Å²) in [7, 11) is 0. The summed E-state index contributed by atoms with van der Waals surface area (Å²) in [6, 6.07) is 10.1. The molecule has 0 aliphatic rings. The maximum absolute atomic E-state index is 11.5. The van der Waals surface area contributed by atoms with Gasteiger partial charge in [0, 0.05) is 0 Å². The number of benzene rings is 1. The van der Waals surface area contributed by atoms with Gasteiger partial charge < -0.3 is 0 Å². The van der Waals surface area contributed by atoms with Gasteiger partial charge in [0.1, 0.15) is 0 Å². The Labute approximate surface area is 103 Å². The van der Waals surface area contributed by atoms with E-state index in [1.54, 1.807) is 0 Å². The molecule has 16 heavy (non-hydrogen) atoms. The van der Waals surface area contributed by atoms with Gasteiger partial charge in [0.25, 0.3) is 0 Å². The Kier molecular flexibility index (Phi) is 6.25. The minimum atomic E-state index is -0.582. The van der Waals surface area contributed by atoms with E-state index in [0.29, 0.717) is 6.42 Å². The van der Waals surface area contributed by atoms with Gasteiger partial charge in [0.2, 0.25) is 0 Å². The van der Waals surface area contributed by atoms with Crippen LogP contribution in [0.1, 0.15) is 12.0 Å². The van der Waals surface area contributed by atoms with E-state index in [1.165, 1.54) is 10.8 Å². The van der Waals surface area contributed by atoms with Crippen LogP contribution in [0.25, 0.3) is 0 Å². The van der Waals surface area contributed by atoms with Crippen LogP contribution in [0.3, 0.4) is 0 Å². The van der Waals surface area contributed by atoms with Crippen LogP contribution in [0.4, 0.5) is 0 Å². The molecule has 0 saturated heterocycles. The minimum absolute atomic E-state index is 0.180. The average molecular weight is 281 g/mol. The first-order valence-electron chi connectivity index (χ1n) is 5.64. The molecule has 0 bridgehead atoms. The van der Waals surface area contributed by atoms with Gasteiger partial charge in [-0.2, -0.15) is 0 Å². The molecule has 0 aliphatic carbocycles. The van der Waals surface area contributed by atoms with E-state index in [4.69, 9.17) is 0 Å². The number of carbonyl (C=O) groups is 1. The van der Waals surface area contributed by atoms with Gasteiger partial charge >= 0.3 is 103 Å². The zero-order valence-electron chi connectivity index (χ0n) is 10.1. The van der Waals surface area contributed by atoms with Gasteiger partial charge in [-0.05, 0) is 0 Å². The first-order valence-corrected chi connectivity index (χ1v) is 10.7. The van der Waals surface area contributed by atoms with Crippen molar-refractivity contribution < 1.29 is 4.79 Å². The summed E-state index contributed by atoms with van der Waals surface area (Å²) >= 11 is -0.582. The molecule has 1 amide bonds. The van der Waals surface area contributed by atoms with Gasteiger partial charge in [0.15, 0.2) is 0 Å². The molecular weight excluding hydrogens is 261 g/mol. The van der Waals surface area contributed by atoms with E-state index < -0.39 is 14.7 Å². The fourth-order valence-electron chi connectivity index (χ4n) is 1.41. The molecule has 3 heteroatoms. The molecule has 0 saturated carbocycles. The second-order valence-corrected chi connectivity index (χ2v) is 9.61. The van der Waals surface area contributed by atoms with Crippen LogP contribution in [0.2, 0.25) is 16.6 Å². The van der Waals surface area contributed by atoms with Gasteiger partial charge in [-0.3, -0.25) is 0 Å². The molecule has 0 aromatic heterocycles. The van der Waals surface area contributed by atoms with E-state index in [1.807, 2.05) is 18.2 Å². The summed E-state index contributed by atoms with van der Waals surface area (Å²) in [6.45, 7) is 0.862. The molecule has 0 unspecified atom stereocenters. The topological polar surface area (TPSA) is 29.1 Å². The molecule has 1 aromatic rings. The van der Waals surface area contributed by atoms with Crippen molar-refractivity contribution in [2.45, 2.75) is 29.5 Å². The molecule has 1 aromatic carbocycles. The van der Waals surface area contributed by atoms with Crippen LogP contribution in [-0.2, 0) is 11.2 Å². The van der Waals surface area contributed by atoms with Crippen LogP contribution in [0, 0.1) is 0 Å². The fourth-order valence-corrected chi connectivity index (χ4v) is 2.58. The predicted octanol–water partition coefficient (Wildman–Crippen LogP) is 2.49. The number of nitrogens with one attached hydrogen (secondary N) is 1. The van der Waals surface area contributed by atoms with Gasteiger partial charge in [0.05, 0.1) is 0 Å². The second kappa shape index (κ2) is 7.51. The first-order chi connectivity index (χ1) is 7.68. The Morgan fingerprint density at radius 2 is 1.94 bits per heavy atom. The number of hydrogen-bond donors (Lipinski definition) is 1. The van der Waals surface area contributed by atoms with Gasteiger partial charge in [-0.15, -0.1) is 0 Å². The third-order valence-corrected chi connectivity index (χ3v) is 4.71. The van der Waals surface area contributed by atoms with Crippen LogP contribution in [0.5, 0.6) is 0 Å². The van der Waals surface area contributed by atoms with Gasteiger partial charge in [-0.25, -0.2) is 0 Å². The molecule has 0 fully saturated rings. The summed E-state index contributed by atoms with van der Waals surface area (Å²) in [5, 5.41) is 4.18. The Morgan fingerprint density at radius 1 is 1.25 bits per heavy atom. The normalized spacial score (nSPS) is 10.4. The van der Waals surface area contributed by atoms with Crippen molar-refractivity contribution in [3.05, 3.63) is 35.9 Å². The molecular formula is C13H20AsNO. The second-order valence-electron chi connectivity index (χ2n) is 4.14. The van der Waals surface area contributed by atoms with E-state index in [-0.39, 0.29) is 5.91 Å². The Balaban J connectivity index is 2.16. The first kappa shape index (κ1) is 13.3. The van der Waals surface area contributed by atoms with Crippen LogP contribution >= 0.6 is 0 Å². The predicted molar refractivity (Wildman–Crippen MR) is 70.1 cm³/mol. The summed E-state index contributed by atoms with van der Waals surface area (Å²) in [5.41, 5.74) is 5.85. The van der Waals surface area contributed by atoms with Crippen molar-refractivity contribution >= 4 is 20.6 Å². The molecule has 0 heterocycles. The number of aryl methyl sites for hydroxylation is 1. The van der Waals surface area contributed by atoms with E-state index in [2.05, 4.69) is 28.9 Å². The quantitative estimate of drug-likeness (QED) is 0.797. The standard InChI is InChI=1S/C13H20AsNO/c1-14(2)10-11-15-13(16)9-8-12-6-4-3-5-7-12/h3-7H,8-11H2,1-2H3,(H,15,16). The van der Waals surface area contributed by atoms with E-state index in [0.717, 1.165) is 13.0 Å². The van der Waals surface area contributed by atoms with Gasteiger partial charge in [-0.1, -0.05) is 0 Å². The van der Waals surface area contributed by atoms with Crippen molar-refractivity contribution in [2.75, 3.05) is 6.54 Å². The number of rotatable bonds is 6. The molecule has 2 nitrogen and oxygen atoms in total. The monoisotopic (exact) mass is 281 g/mol. The van der Waals surface area contributed by atoms with Crippen molar-refractivity contribution in [1.82, 2.24) is 5.32 Å². The molecule has 88 valence electrons. The summed E-state index contributed by atoms with van der Waals surface area (Å²) in [5.74, 6) is 0.180. The van der Waals surface area contributed by atoms with Crippen molar-refractivity contribution in [1.29, 1.82) is 0 Å². The molecule has 0 atom stereocenters. The molecule has 0 radical (unpaired) electrons. The Bertz CT molecular complexity index is 311. The number of amides is 1. The average Bonchev–Trinajstić information content (AvgIpc) is 2.27. The molecule has 0 aliphatic heterocycles. The van der Waals surface area contributed by atoms with Crippen LogP contribution in [-0.4, -0.2) is 27.1 Å². The Hall–Kier alpha value is -0.752. The number of hydrogen-bond acceptors (Lipinski definition) is 1. The molecule has 0 spiro atoms.